The number of nitrogens with one attached hydrogen (secondary N) is 1. The van der Waals surface area contributed by atoms with Gasteiger partial charge in [0, 0.05) is 6.07 Å². The Morgan fingerprint density at radius 3 is 2.62 bits per heavy atom. The second-order valence-electron chi connectivity index (χ2n) is 5.18. The fourth-order valence-electron chi connectivity index (χ4n) is 2.27. The lowest BCUT2D eigenvalue weighted by atomic mass is 10.2. The summed E-state index contributed by atoms with van der Waals surface area (Å²) in [6.07, 6.45) is 1.55. The zero-order valence-corrected chi connectivity index (χ0v) is 13.0. The predicted octanol–water partition coefficient (Wildman–Crippen LogP) is 1.84. The van der Waals surface area contributed by atoms with Gasteiger partial charge in [-0.15, -0.1) is 10.2 Å². The molecule has 3 aromatic rings. The van der Waals surface area contributed by atoms with Crippen molar-refractivity contribution in [3.05, 3.63) is 71.9 Å². The molecule has 6 heteroatoms. The lowest BCUT2D eigenvalue weighted by Gasteiger charge is -2.06. The number of fused-ring (bicyclic) bond motifs is 1. The van der Waals surface area contributed by atoms with Crippen LogP contribution in [0, 0.1) is 0 Å². The monoisotopic (exact) mass is 320 g/mol. The van der Waals surface area contributed by atoms with Gasteiger partial charge in [0.1, 0.15) is 12.8 Å². The Labute approximate surface area is 139 Å². The molecule has 3 rings (SSSR count). The second-order valence-corrected chi connectivity index (χ2v) is 5.18. The standard InChI is InChI=1S/C18H17N5O/c19-18(20)23-21-11-15-10-9-14-7-4-8-16(17(14)22-15)24-12-13-5-2-1-3-6-13/h1-11H,12H2,(H4,19,20,23)/p+1. The molecule has 0 aliphatic heterocycles. The van der Waals surface area contributed by atoms with Gasteiger partial charge in [-0.2, -0.15) is 0 Å². The number of nitrogens with two attached hydrogens (primary N) is 2. The van der Waals surface area contributed by atoms with Gasteiger partial charge in [0.2, 0.25) is 11.7 Å². The van der Waals surface area contributed by atoms with Gasteiger partial charge < -0.3 is 16.2 Å². The number of aromatic amines is 1. The Balaban J connectivity index is 1.87. The van der Waals surface area contributed by atoms with Gasteiger partial charge in [-0.05, 0) is 23.8 Å². The molecule has 0 bridgehead atoms. The van der Waals surface area contributed by atoms with Gasteiger partial charge in [-0.3, -0.25) is 0 Å². The summed E-state index contributed by atoms with van der Waals surface area (Å²) in [6.45, 7) is 0.500. The van der Waals surface area contributed by atoms with Crippen molar-refractivity contribution in [3.63, 3.8) is 0 Å². The third kappa shape index (κ3) is 3.86. The highest BCUT2D eigenvalue weighted by Crippen LogP contribution is 2.22. The van der Waals surface area contributed by atoms with Gasteiger partial charge in [-0.25, -0.2) is 4.98 Å². The van der Waals surface area contributed by atoms with Crippen LogP contribution in [0.5, 0.6) is 5.75 Å². The van der Waals surface area contributed by atoms with Crippen molar-refractivity contribution < 1.29 is 9.72 Å². The van der Waals surface area contributed by atoms with Crippen molar-refractivity contribution in [1.29, 1.82) is 0 Å². The molecule has 0 amide bonds. The topological polar surface area (TPSA) is 100 Å². The first kappa shape index (κ1) is 15.5. The number of aromatic nitrogens is 1. The van der Waals surface area contributed by atoms with Crippen molar-refractivity contribution in [2.24, 2.45) is 21.7 Å². The van der Waals surface area contributed by atoms with Crippen molar-refractivity contribution in [2.75, 3.05) is 0 Å². The quantitative estimate of drug-likeness (QED) is 0.426. The van der Waals surface area contributed by atoms with Crippen LogP contribution < -0.4 is 21.2 Å². The fourth-order valence-corrected chi connectivity index (χ4v) is 2.27. The molecule has 1 heterocycles. The second kappa shape index (κ2) is 7.23. The Kier molecular flexibility index (Phi) is 4.67. The van der Waals surface area contributed by atoms with Crippen LogP contribution in [0.1, 0.15) is 11.3 Å². The number of benzene rings is 2. The molecule has 0 saturated carbocycles. The molecule has 0 radical (unpaired) electrons. The van der Waals surface area contributed by atoms with Crippen molar-refractivity contribution >= 4 is 23.1 Å². The number of pyridine rings is 1. The number of rotatable bonds is 5. The maximum Gasteiger partial charge on any atom is 0.253 e. The lowest BCUT2D eigenvalue weighted by molar-refractivity contribution is -0.347. The molecular weight excluding hydrogens is 302 g/mol. The van der Waals surface area contributed by atoms with E-state index in [4.69, 9.17) is 16.2 Å². The first-order valence-corrected chi connectivity index (χ1v) is 7.46. The maximum atomic E-state index is 5.96. The fraction of sp³-hybridized carbons (Fsp3) is 0.0556. The van der Waals surface area contributed by atoms with Crippen molar-refractivity contribution in [2.45, 2.75) is 6.61 Å². The molecule has 5 N–H and O–H groups in total. The summed E-state index contributed by atoms with van der Waals surface area (Å²) in [6, 6.07) is 19.8. The summed E-state index contributed by atoms with van der Waals surface area (Å²) in [5.41, 5.74) is 13.3. The minimum absolute atomic E-state index is 0.0843. The highest BCUT2D eigenvalue weighted by Gasteiger charge is 2.10. The van der Waals surface area contributed by atoms with E-state index in [2.05, 4.69) is 15.2 Å². The maximum absolute atomic E-state index is 5.96. The molecule has 0 spiro atoms. The van der Waals surface area contributed by atoms with E-state index in [9.17, 15) is 0 Å². The average Bonchev–Trinajstić information content (AvgIpc) is 2.60. The number of H-pyrrole nitrogens is 1. The van der Waals surface area contributed by atoms with E-state index in [1.54, 1.807) is 6.21 Å². The van der Waals surface area contributed by atoms with Gasteiger partial charge in [-0.1, -0.05) is 36.4 Å². The molecule has 120 valence electrons. The molecule has 6 nitrogen and oxygen atoms in total. The summed E-state index contributed by atoms with van der Waals surface area (Å²) in [4.78, 5) is 3.28. The number of hydrogen-bond acceptors (Lipinski definition) is 3. The van der Waals surface area contributed by atoms with Crippen molar-refractivity contribution in [3.8, 4) is 5.75 Å². The Morgan fingerprint density at radius 2 is 1.83 bits per heavy atom. The predicted molar refractivity (Wildman–Crippen MR) is 94.7 cm³/mol. The average molecular weight is 320 g/mol. The van der Waals surface area contributed by atoms with Gasteiger partial charge in [0.15, 0.2) is 5.75 Å². The highest BCUT2D eigenvalue weighted by atomic mass is 16.5. The van der Waals surface area contributed by atoms with Crippen LogP contribution in [0.2, 0.25) is 0 Å². The summed E-state index contributed by atoms with van der Waals surface area (Å²) in [5, 5.41) is 8.44. The third-order valence-corrected chi connectivity index (χ3v) is 3.38. The van der Waals surface area contributed by atoms with Crippen LogP contribution in [-0.2, 0) is 6.61 Å². The normalized spacial score (nSPS) is 10.8. The molecule has 1 aromatic heterocycles. The number of hydrogen-bond donors (Lipinski definition) is 2. The van der Waals surface area contributed by atoms with Crippen molar-refractivity contribution in [1.82, 2.24) is 0 Å². The molecule has 0 aliphatic rings. The van der Waals surface area contributed by atoms with E-state index in [0.717, 1.165) is 27.9 Å². The van der Waals surface area contributed by atoms with E-state index < -0.39 is 0 Å². The first-order chi connectivity index (χ1) is 11.7. The number of guanidine groups is 1. The van der Waals surface area contributed by atoms with Crippen LogP contribution in [0.25, 0.3) is 10.9 Å². The summed E-state index contributed by atoms with van der Waals surface area (Å²) in [7, 11) is 0. The zero-order chi connectivity index (χ0) is 16.8. The molecule has 0 unspecified atom stereocenters. The van der Waals surface area contributed by atoms with Gasteiger partial charge in [0.25, 0.3) is 5.52 Å². The Hall–Kier alpha value is -3.41. The Morgan fingerprint density at radius 1 is 1.00 bits per heavy atom. The summed E-state index contributed by atoms with van der Waals surface area (Å²) in [5.74, 6) is 0.687. The molecule has 0 saturated heterocycles. The van der Waals surface area contributed by atoms with Crippen LogP contribution >= 0.6 is 0 Å². The van der Waals surface area contributed by atoms with Crippen LogP contribution in [0.3, 0.4) is 0 Å². The summed E-state index contributed by atoms with van der Waals surface area (Å²) < 4.78 is 5.96. The molecule has 0 aliphatic carbocycles. The zero-order valence-electron chi connectivity index (χ0n) is 13.0. The van der Waals surface area contributed by atoms with Gasteiger partial charge >= 0.3 is 0 Å². The lowest BCUT2D eigenvalue weighted by Crippen LogP contribution is -2.22. The largest absolute Gasteiger partial charge is 0.482 e. The molecule has 0 atom stereocenters. The number of ether oxygens (including phenoxy) is 1. The van der Waals surface area contributed by atoms with Crippen LogP contribution in [-0.4, -0.2) is 12.2 Å². The van der Waals surface area contributed by atoms with E-state index in [1.807, 2.05) is 60.7 Å². The summed E-state index contributed by atoms with van der Waals surface area (Å²) >= 11 is 0. The minimum atomic E-state index is -0.0843. The van der Waals surface area contributed by atoms with Crippen LogP contribution in [0.4, 0.5) is 0 Å². The van der Waals surface area contributed by atoms with E-state index in [1.165, 1.54) is 0 Å². The van der Waals surface area contributed by atoms with E-state index in [-0.39, 0.29) is 5.96 Å². The smallest absolute Gasteiger partial charge is 0.253 e. The molecule has 0 fully saturated rings. The first-order valence-electron chi connectivity index (χ1n) is 7.46. The SMILES string of the molecule is NC(N)=NN=Cc1ccc2cccc(OCc3ccccc3)c2[nH+]1. The minimum Gasteiger partial charge on any atom is -0.482 e. The molecular formula is C18H18N5O+. The number of para-hydroxylation sites is 1. The Bertz CT molecular complexity index is 886. The number of nitrogens with zero attached hydrogens (tertiary/aromatic N) is 2. The molecule has 24 heavy (non-hydrogen) atoms. The van der Waals surface area contributed by atoms with E-state index in [0.29, 0.717) is 6.61 Å². The molecule has 2 aromatic carbocycles. The van der Waals surface area contributed by atoms with E-state index >= 15 is 0 Å². The van der Waals surface area contributed by atoms with Gasteiger partial charge in [0.05, 0.1) is 5.39 Å². The highest BCUT2D eigenvalue weighted by molar-refractivity contribution is 5.84. The van der Waals surface area contributed by atoms with Crippen LogP contribution in [0.15, 0.2) is 70.9 Å². The third-order valence-electron chi connectivity index (χ3n) is 3.38.